The number of halogens is 1. The molecule has 2 aliphatic rings. The van der Waals surface area contributed by atoms with Crippen molar-refractivity contribution in [2.24, 2.45) is 5.73 Å². The van der Waals surface area contributed by atoms with Crippen molar-refractivity contribution in [2.45, 2.75) is 43.2 Å². The predicted molar refractivity (Wildman–Crippen MR) is 103 cm³/mol. The van der Waals surface area contributed by atoms with Gasteiger partial charge in [0.15, 0.2) is 11.5 Å². The second-order valence-electron chi connectivity index (χ2n) is 6.66. The van der Waals surface area contributed by atoms with E-state index in [0.717, 1.165) is 19.3 Å². The molecule has 1 aromatic rings. The lowest BCUT2D eigenvalue weighted by Crippen LogP contribution is -2.50. The van der Waals surface area contributed by atoms with Gasteiger partial charge in [-0.3, -0.25) is 4.79 Å². The third-order valence-electron chi connectivity index (χ3n) is 4.58. The van der Waals surface area contributed by atoms with Crippen LogP contribution in [0.15, 0.2) is 23.1 Å². The van der Waals surface area contributed by atoms with Crippen LogP contribution in [0.3, 0.4) is 0 Å². The first-order valence-corrected chi connectivity index (χ1v) is 10.3. The first-order valence-electron chi connectivity index (χ1n) is 8.83. The topological polar surface area (TPSA) is 111 Å². The molecule has 0 radical (unpaired) electrons. The largest absolute Gasteiger partial charge is 0.490 e. The molecule has 0 aliphatic carbocycles. The Kier molecular flexibility index (Phi) is 7.32. The number of fused-ring (bicyclic) bond motifs is 1. The van der Waals surface area contributed by atoms with Crippen molar-refractivity contribution in [1.29, 1.82) is 0 Å². The Morgan fingerprint density at radius 3 is 2.52 bits per heavy atom. The van der Waals surface area contributed by atoms with E-state index in [2.05, 4.69) is 4.72 Å². The van der Waals surface area contributed by atoms with Gasteiger partial charge in [-0.25, -0.2) is 8.42 Å². The summed E-state index contributed by atoms with van der Waals surface area (Å²) in [6.45, 7) is 3.65. The Morgan fingerprint density at radius 1 is 1.22 bits per heavy atom. The van der Waals surface area contributed by atoms with E-state index < -0.39 is 16.1 Å². The van der Waals surface area contributed by atoms with Crippen molar-refractivity contribution in [3.8, 4) is 11.5 Å². The third kappa shape index (κ3) is 5.25. The molecule has 2 heterocycles. The van der Waals surface area contributed by atoms with Crippen LogP contribution in [-0.2, 0) is 14.8 Å². The third-order valence-corrected chi connectivity index (χ3v) is 6.12. The Labute approximate surface area is 165 Å². The van der Waals surface area contributed by atoms with Gasteiger partial charge >= 0.3 is 0 Å². The zero-order valence-electron chi connectivity index (χ0n) is 15.2. The number of nitrogens with two attached hydrogens (primary N) is 1. The highest BCUT2D eigenvalue weighted by Crippen LogP contribution is 2.31. The van der Waals surface area contributed by atoms with E-state index in [1.807, 2.05) is 0 Å². The Morgan fingerprint density at radius 2 is 1.85 bits per heavy atom. The van der Waals surface area contributed by atoms with Crippen LogP contribution in [0.1, 0.15) is 26.2 Å². The van der Waals surface area contributed by atoms with Gasteiger partial charge in [0, 0.05) is 31.6 Å². The quantitative estimate of drug-likeness (QED) is 0.749. The lowest BCUT2D eigenvalue weighted by molar-refractivity contribution is -0.133. The molecule has 0 spiro atoms. The number of hydrogen-bond donors (Lipinski definition) is 2. The molecule has 3 N–H and O–H groups in total. The number of benzene rings is 1. The molecular weight excluding hydrogens is 394 g/mol. The van der Waals surface area contributed by atoms with Crippen LogP contribution in [0.2, 0.25) is 0 Å². The fourth-order valence-electron chi connectivity index (χ4n) is 3.06. The van der Waals surface area contributed by atoms with Crippen LogP contribution >= 0.6 is 12.4 Å². The monoisotopic (exact) mass is 419 g/mol. The molecule has 1 atom stereocenters. The number of amides is 1. The number of ether oxygens (including phenoxy) is 2. The van der Waals surface area contributed by atoms with E-state index in [1.165, 1.54) is 12.1 Å². The smallest absolute Gasteiger partial charge is 0.241 e. The minimum Gasteiger partial charge on any atom is -0.490 e. The molecule has 1 fully saturated rings. The SMILES string of the molecule is CC(NS(=O)(=O)c1ccc2c(c1)OCCCO2)C(=O)N1CCC(N)CC1.Cl. The second kappa shape index (κ2) is 9.09. The molecule has 1 saturated heterocycles. The van der Waals surface area contributed by atoms with Crippen LogP contribution in [0.5, 0.6) is 11.5 Å². The highest BCUT2D eigenvalue weighted by atomic mass is 35.5. The van der Waals surface area contributed by atoms with Gasteiger partial charge in [0.2, 0.25) is 15.9 Å². The van der Waals surface area contributed by atoms with E-state index in [9.17, 15) is 13.2 Å². The van der Waals surface area contributed by atoms with Gasteiger partial charge in [-0.05, 0) is 31.9 Å². The summed E-state index contributed by atoms with van der Waals surface area (Å²) in [7, 11) is -3.86. The van der Waals surface area contributed by atoms with Crippen molar-refractivity contribution in [1.82, 2.24) is 9.62 Å². The molecule has 0 bridgehead atoms. The average Bonchev–Trinajstić information content (AvgIpc) is 2.86. The highest BCUT2D eigenvalue weighted by molar-refractivity contribution is 7.89. The average molecular weight is 420 g/mol. The highest BCUT2D eigenvalue weighted by Gasteiger charge is 2.28. The van der Waals surface area contributed by atoms with Crippen molar-refractivity contribution in [3.05, 3.63) is 18.2 Å². The van der Waals surface area contributed by atoms with E-state index in [-0.39, 0.29) is 29.3 Å². The summed E-state index contributed by atoms with van der Waals surface area (Å²) < 4.78 is 38.8. The summed E-state index contributed by atoms with van der Waals surface area (Å²) in [4.78, 5) is 14.2. The number of likely N-dealkylation sites (tertiary alicyclic amines) is 1. The van der Waals surface area contributed by atoms with Gasteiger partial charge in [-0.2, -0.15) is 4.72 Å². The Hall–Kier alpha value is -1.55. The zero-order valence-corrected chi connectivity index (χ0v) is 16.9. The molecule has 10 heteroatoms. The fourth-order valence-corrected chi connectivity index (χ4v) is 4.27. The van der Waals surface area contributed by atoms with Crippen molar-refractivity contribution >= 4 is 28.3 Å². The number of hydrogen-bond acceptors (Lipinski definition) is 6. The molecule has 1 aromatic carbocycles. The first-order chi connectivity index (χ1) is 12.4. The fraction of sp³-hybridized carbons (Fsp3) is 0.588. The van der Waals surface area contributed by atoms with Crippen molar-refractivity contribution in [2.75, 3.05) is 26.3 Å². The molecule has 0 saturated carbocycles. The maximum atomic E-state index is 12.7. The lowest BCUT2D eigenvalue weighted by Gasteiger charge is -2.32. The summed E-state index contributed by atoms with van der Waals surface area (Å²) in [6, 6.07) is 3.71. The number of sulfonamides is 1. The molecule has 0 aromatic heterocycles. The molecule has 27 heavy (non-hydrogen) atoms. The van der Waals surface area contributed by atoms with Gasteiger partial charge in [0.1, 0.15) is 0 Å². The van der Waals surface area contributed by atoms with Crippen LogP contribution < -0.4 is 19.9 Å². The molecule has 1 amide bonds. The summed E-state index contributed by atoms with van der Waals surface area (Å²) in [5, 5.41) is 0. The normalized spacial score (nSPS) is 19.0. The van der Waals surface area contributed by atoms with Gasteiger partial charge in [0.05, 0.1) is 24.2 Å². The molecule has 8 nitrogen and oxygen atoms in total. The van der Waals surface area contributed by atoms with E-state index >= 15 is 0 Å². The summed E-state index contributed by atoms with van der Waals surface area (Å²) in [5.74, 6) is 0.680. The lowest BCUT2D eigenvalue weighted by atomic mass is 10.1. The van der Waals surface area contributed by atoms with Gasteiger partial charge in [-0.1, -0.05) is 0 Å². The maximum absolute atomic E-state index is 12.7. The Bertz CT molecular complexity index is 766. The van der Waals surface area contributed by atoms with Gasteiger partial charge < -0.3 is 20.1 Å². The number of nitrogens with zero attached hydrogens (tertiary/aromatic N) is 1. The standard InChI is InChI=1S/C17H25N3O5S.ClH/c1-12(17(21)20-7-5-13(18)6-8-20)19-26(22,23)14-3-4-15-16(11-14)25-10-2-9-24-15;/h3-4,11-13,19H,2,5-10,18H2,1H3;1H. The number of carbonyl (C=O) groups excluding carboxylic acids is 1. The van der Waals surface area contributed by atoms with Crippen LogP contribution in [0.25, 0.3) is 0 Å². The molecule has 2 aliphatic heterocycles. The number of piperidine rings is 1. The van der Waals surface area contributed by atoms with Crippen molar-refractivity contribution in [3.63, 3.8) is 0 Å². The van der Waals surface area contributed by atoms with Crippen LogP contribution in [0, 0.1) is 0 Å². The Balaban J connectivity index is 0.00000261. The van der Waals surface area contributed by atoms with Gasteiger partial charge in [0.25, 0.3) is 0 Å². The maximum Gasteiger partial charge on any atom is 0.241 e. The molecule has 1 unspecified atom stereocenters. The van der Waals surface area contributed by atoms with Crippen LogP contribution in [-0.4, -0.2) is 57.6 Å². The van der Waals surface area contributed by atoms with Gasteiger partial charge in [-0.15, -0.1) is 12.4 Å². The molecular formula is C17H26ClN3O5S. The number of nitrogens with one attached hydrogen (secondary N) is 1. The minimum absolute atomic E-state index is 0. The molecule has 3 rings (SSSR count). The zero-order chi connectivity index (χ0) is 18.7. The summed E-state index contributed by atoms with van der Waals surface area (Å²) in [5.41, 5.74) is 5.85. The number of carbonyl (C=O) groups is 1. The summed E-state index contributed by atoms with van der Waals surface area (Å²) >= 11 is 0. The predicted octanol–water partition coefficient (Wildman–Crippen LogP) is 0.886. The van der Waals surface area contributed by atoms with E-state index in [4.69, 9.17) is 15.2 Å². The molecule has 152 valence electrons. The number of rotatable bonds is 4. The van der Waals surface area contributed by atoms with E-state index in [0.29, 0.717) is 37.8 Å². The minimum atomic E-state index is -3.86. The first kappa shape index (κ1) is 21.7. The second-order valence-corrected chi connectivity index (χ2v) is 8.38. The van der Waals surface area contributed by atoms with Crippen LogP contribution in [0.4, 0.5) is 0 Å². The van der Waals surface area contributed by atoms with E-state index in [1.54, 1.807) is 17.9 Å². The van der Waals surface area contributed by atoms with Crippen molar-refractivity contribution < 1.29 is 22.7 Å². The summed E-state index contributed by atoms with van der Waals surface area (Å²) in [6.07, 6.45) is 2.20.